The summed E-state index contributed by atoms with van der Waals surface area (Å²) in [5, 5.41) is 6.46. The average Bonchev–Trinajstić information content (AvgIpc) is 2.36. The lowest BCUT2D eigenvalue weighted by atomic mass is 10.4. The van der Waals surface area contributed by atoms with Crippen LogP contribution in [-0.2, 0) is 27.9 Å². The molecular weight excluding hydrogens is 249 g/mol. The molecule has 0 radical (unpaired) electrons. The Balaban J connectivity index is 4.96. The van der Waals surface area contributed by atoms with Gasteiger partial charge in [-0.3, -0.25) is 4.57 Å². The first kappa shape index (κ1) is 16.1. The van der Waals surface area contributed by atoms with Gasteiger partial charge in [0.1, 0.15) is 6.61 Å². The van der Waals surface area contributed by atoms with Gasteiger partial charge in [-0.1, -0.05) is 0 Å². The van der Waals surface area contributed by atoms with E-state index in [4.69, 9.17) is 23.8 Å². The molecular formula is C9H16NO6P. The van der Waals surface area contributed by atoms with Crippen LogP contribution < -0.4 is 0 Å². The molecule has 0 aliphatic heterocycles. The van der Waals surface area contributed by atoms with Gasteiger partial charge >= 0.3 is 13.6 Å². The summed E-state index contributed by atoms with van der Waals surface area (Å²) >= 11 is 0. The van der Waals surface area contributed by atoms with Crippen LogP contribution in [0.25, 0.3) is 0 Å². The maximum absolute atomic E-state index is 12.1. The lowest BCUT2D eigenvalue weighted by Gasteiger charge is -2.30. The predicted molar refractivity (Wildman–Crippen MR) is 58.2 cm³/mol. The van der Waals surface area contributed by atoms with Crippen molar-refractivity contribution in [2.45, 2.75) is 18.7 Å². The molecule has 0 heterocycles. The maximum Gasteiger partial charge on any atom is 0.373 e. The summed E-state index contributed by atoms with van der Waals surface area (Å²) in [6, 6.07) is 1.81. The second-order valence-corrected chi connectivity index (χ2v) is 5.67. The van der Waals surface area contributed by atoms with E-state index in [9.17, 15) is 9.36 Å². The Morgan fingerprint density at radius 2 is 1.88 bits per heavy atom. The molecule has 0 saturated heterocycles. The Kier molecular flexibility index (Phi) is 6.35. The van der Waals surface area contributed by atoms with Gasteiger partial charge in [-0.05, 0) is 6.92 Å². The van der Waals surface area contributed by atoms with Crippen LogP contribution in [0, 0.1) is 11.3 Å². The highest BCUT2D eigenvalue weighted by atomic mass is 31.2. The van der Waals surface area contributed by atoms with Crippen LogP contribution in [0.2, 0.25) is 0 Å². The SMILES string of the molecule is COC(C)(C(=O)OCCC#N)P(=O)(OC)OC. The molecule has 0 spiro atoms. The van der Waals surface area contributed by atoms with Crippen molar-refractivity contribution < 1.29 is 27.9 Å². The Bertz CT molecular complexity index is 344. The first-order valence-corrected chi connectivity index (χ1v) is 6.27. The Morgan fingerprint density at radius 1 is 1.35 bits per heavy atom. The zero-order valence-electron chi connectivity index (χ0n) is 10.3. The Labute approximate surface area is 100 Å². The molecule has 0 rings (SSSR count). The molecule has 0 aromatic carbocycles. The highest BCUT2D eigenvalue weighted by Crippen LogP contribution is 2.59. The standard InChI is InChI=1S/C9H16NO6P/c1-9(13-2,17(12,14-3)15-4)8(11)16-7-5-6-10/h5,7H2,1-4H3. The number of hydrogen-bond acceptors (Lipinski definition) is 7. The third-order valence-corrected chi connectivity index (χ3v) is 4.60. The molecule has 0 aromatic rings. The number of nitriles is 1. The molecule has 0 aromatic heterocycles. The number of rotatable bonds is 7. The van der Waals surface area contributed by atoms with Crippen LogP contribution in [0.5, 0.6) is 0 Å². The second kappa shape index (κ2) is 6.72. The molecule has 0 amide bonds. The quantitative estimate of drug-likeness (QED) is 0.389. The topological polar surface area (TPSA) is 94.9 Å². The predicted octanol–water partition coefficient (Wildman–Crippen LogP) is 1.29. The highest BCUT2D eigenvalue weighted by Gasteiger charge is 2.54. The second-order valence-electron chi connectivity index (χ2n) is 3.09. The smallest absolute Gasteiger partial charge is 0.373 e. The largest absolute Gasteiger partial charge is 0.462 e. The van der Waals surface area contributed by atoms with Crippen LogP contribution in [0.3, 0.4) is 0 Å². The van der Waals surface area contributed by atoms with Crippen molar-refractivity contribution in [3.05, 3.63) is 0 Å². The number of methoxy groups -OCH3 is 1. The molecule has 7 nitrogen and oxygen atoms in total. The lowest BCUT2D eigenvalue weighted by Crippen LogP contribution is -2.40. The molecule has 0 saturated carbocycles. The van der Waals surface area contributed by atoms with E-state index in [-0.39, 0.29) is 13.0 Å². The van der Waals surface area contributed by atoms with E-state index in [0.717, 1.165) is 14.2 Å². The van der Waals surface area contributed by atoms with E-state index < -0.39 is 18.9 Å². The lowest BCUT2D eigenvalue weighted by molar-refractivity contribution is -0.159. The van der Waals surface area contributed by atoms with Gasteiger partial charge in [0, 0.05) is 21.3 Å². The summed E-state index contributed by atoms with van der Waals surface area (Å²) in [4.78, 5) is 11.7. The average molecular weight is 265 g/mol. The van der Waals surface area contributed by atoms with Gasteiger partial charge in [0.05, 0.1) is 12.5 Å². The normalized spacial score (nSPS) is 14.8. The molecule has 17 heavy (non-hydrogen) atoms. The fourth-order valence-corrected chi connectivity index (χ4v) is 2.41. The summed E-state index contributed by atoms with van der Waals surface area (Å²) in [6.07, 6.45) is 0.0375. The summed E-state index contributed by atoms with van der Waals surface area (Å²) in [5.74, 6) is -0.901. The Morgan fingerprint density at radius 3 is 2.24 bits per heavy atom. The molecule has 98 valence electrons. The number of nitrogens with zero attached hydrogens (tertiary/aromatic N) is 1. The van der Waals surface area contributed by atoms with Crippen molar-refractivity contribution in [3.63, 3.8) is 0 Å². The number of hydrogen-bond donors (Lipinski definition) is 0. The van der Waals surface area contributed by atoms with Crippen molar-refractivity contribution in [1.82, 2.24) is 0 Å². The fraction of sp³-hybridized carbons (Fsp3) is 0.778. The van der Waals surface area contributed by atoms with Gasteiger partial charge < -0.3 is 18.5 Å². The van der Waals surface area contributed by atoms with Gasteiger partial charge in [0.25, 0.3) is 5.34 Å². The van der Waals surface area contributed by atoms with Crippen molar-refractivity contribution >= 4 is 13.6 Å². The monoisotopic (exact) mass is 265 g/mol. The van der Waals surface area contributed by atoms with E-state index >= 15 is 0 Å². The Hall–Kier alpha value is -0.930. The number of esters is 1. The van der Waals surface area contributed by atoms with E-state index in [0.29, 0.717) is 0 Å². The first-order chi connectivity index (χ1) is 7.91. The van der Waals surface area contributed by atoms with Crippen molar-refractivity contribution in [1.29, 1.82) is 5.26 Å². The zero-order valence-corrected chi connectivity index (χ0v) is 11.2. The number of ether oxygens (including phenoxy) is 2. The number of carbonyl (C=O) groups is 1. The fourth-order valence-electron chi connectivity index (χ4n) is 1.05. The molecule has 1 atom stereocenters. The van der Waals surface area contributed by atoms with E-state index in [1.54, 1.807) is 0 Å². The van der Waals surface area contributed by atoms with Crippen LogP contribution >= 0.6 is 7.60 Å². The highest BCUT2D eigenvalue weighted by molar-refractivity contribution is 7.56. The van der Waals surface area contributed by atoms with Crippen molar-refractivity contribution in [2.24, 2.45) is 0 Å². The van der Waals surface area contributed by atoms with Gasteiger partial charge in [-0.15, -0.1) is 0 Å². The summed E-state index contributed by atoms with van der Waals surface area (Å²) < 4.78 is 31.2. The molecule has 0 aliphatic carbocycles. The van der Waals surface area contributed by atoms with Crippen LogP contribution in [-0.4, -0.2) is 39.2 Å². The maximum atomic E-state index is 12.1. The van der Waals surface area contributed by atoms with Crippen molar-refractivity contribution in [2.75, 3.05) is 27.9 Å². The third-order valence-electron chi connectivity index (χ3n) is 2.23. The zero-order chi connectivity index (χ0) is 13.5. The van der Waals surface area contributed by atoms with Gasteiger partial charge in [0.15, 0.2) is 0 Å². The minimum absolute atomic E-state index is 0.0375. The van der Waals surface area contributed by atoms with Crippen LogP contribution in [0.15, 0.2) is 0 Å². The summed E-state index contributed by atoms with van der Waals surface area (Å²) in [5.41, 5.74) is 0. The summed E-state index contributed by atoms with van der Waals surface area (Å²) in [7, 11) is -0.311. The van der Waals surface area contributed by atoms with Crippen LogP contribution in [0.4, 0.5) is 0 Å². The molecule has 0 bridgehead atoms. The molecule has 0 aliphatic rings. The van der Waals surface area contributed by atoms with Crippen molar-refractivity contribution in [3.8, 4) is 6.07 Å². The van der Waals surface area contributed by atoms with Gasteiger partial charge in [-0.25, -0.2) is 4.79 Å². The molecule has 1 unspecified atom stereocenters. The third kappa shape index (κ3) is 3.27. The van der Waals surface area contributed by atoms with Gasteiger partial charge in [0.2, 0.25) is 0 Å². The molecule has 8 heteroatoms. The number of carbonyl (C=O) groups excluding carboxylic acids is 1. The minimum atomic E-state index is -3.79. The van der Waals surface area contributed by atoms with E-state index in [1.165, 1.54) is 14.0 Å². The van der Waals surface area contributed by atoms with E-state index in [1.807, 2.05) is 6.07 Å². The minimum Gasteiger partial charge on any atom is -0.462 e. The summed E-state index contributed by atoms with van der Waals surface area (Å²) in [6.45, 7) is 1.14. The molecule has 0 fully saturated rings. The molecule has 0 N–H and O–H groups in total. The first-order valence-electron chi connectivity index (χ1n) is 4.72. The van der Waals surface area contributed by atoms with Crippen LogP contribution in [0.1, 0.15) is 13.3 Å². The van der Waals surface area contributed by atoms with Gasteiger partial charge in [-0.2, -0.15) is 5.26 Å². The van der Waals surface area contributed by atoms with E-state index in [2.05, 4.69) is 0 Å².